The van der Waals surface area contributed by atoms with E-state index in [1.807, 2.05) is 13.8 Å². The molecule has 1 atom stereocenters. The molecule has 1 rings (SSSR count). The predicted molar refractivity (Wildman–Crippen MR) is 59.5 cm³/mol. The minimum atomic E-state index is -0.426. The lowest BCUT2D eigenvalue weighted by molar-refractivity contribution is -0.124. The van der Waals surface area contributed by atoms with E-state index in [2.05, 4.69) is 10.6 Å². The predicted octanol–water partition coefficient (Wildman–Crippen LogP) is 0.263. The van der Waals surface area contributed by atoms with Crippen LogP contribution in [-0.4, -0.2) is 36.2 Å². The highest BCUT2D eigenvalue weighted by atomic mass is 16.3. The molecule has 0 bridgehead atoms. The molecule has 1 aliphatic heterocycles. The highest BCUT2D eigenvalue weighted by Gasteiger charge is 2.32. The third kappa shape index (κ3) is 3.80. The molecule has 0 aromatic rings. The van der Waals surface area contributed by atoms with Crippen LogP contribution in [0.5, 0.6) is 0 Å². The van der Waals surface area contributed by atoms with Gasteiger partial charge < -0.3 is 15.7 Å². The van der Waals surface area contributed by atoms with Crippen LogP contribution in [0.25, 0.3) is 0 Å². The molecule has 1 amide bonds. The van der Waals surface area contributed by atoms with Gasteiger partial charge in [0.25, 0.3) is 0 Å². The van der Waals surface area contributed by atoms with Crippen molar-refractivity contribution >= 4 is 5.91 Å². The molecule has 1 aliphatic rings. The van der Waals surface area contributed by atoms with Crippen molar-refractivity contribution in [2.24, 2.45) is 5.92 Å². The van der Waals surface area contributed by atoms with Gasteiger partial charge >= 0.3 is 0 Å². The molecular weight excluding hydrogens is 192 g/mol. The average molecular weight is 214 g/mol. The van der Waals surface area contributed by atoms with E-state index in [9.17, 15) is 9.90 Å². The van der Waals surface area contributed by atoms with Crippen LogP contribution in [0.1, 0.15) is 33.1 Å². The second-order valence-corrected chi connectivity index (χ2v) is 4.86. The number of hydrogen-bond acceptors (Lipinski definition) is 3. The zero-order valence-electron chi connectivity index (χ0n) is 9.68. The lowest BCUT2D eigenvalue weighted by Gasteiger charge is -2.37. The second-order valence-electron chi connectivity index (χ2n) is 4.86. The molecule has 0 spiro atoms. The summed E-state index contributed by atoms with van der Waals surface area (Å²) in [6.45, 7) is 5.70. The summed E-state index contributed by atoms with van der Waals surface area (Å²) >= 11 is 0. The summed E-state index contributed by atoms with van der Waals surface area (Å²) in [5.41, 5.74) is -0.426. The van der Waals surface area contributed by atoms with Gasteiger partial charge in [-0.05, 0) is 25.3 Å². The van der Waals surface area contributed by atoms with Gasteiger partial charge in [0.1, 0.15) is 0 Å². The Morgan fingerprint density at radius 1 is 1.60 bits per heavy atom. The van der Waals surface area contributed by atoms with Crippen LogP contribution >= 0.6 is 0 Å². The van der Waals surface area contributed by atoms with E-state index in [4.69, 9.17) is 0 Å². The van der Waals surface area contributed by atoms with E-state index < -0.39 is 5.54 Å². The number of piperidine rings is 1. The lowest BCUT2D eigenvalue weighted by Crippen LogP contribution is -2.60. The lowest BCUT2D eigenvalue weighted by atomic mass is 9.90. The van der Waals surface area contributed by atoms with Crippen molar-refractivity contribution in [3.05, 3.63) is 0 Å². The Bertz CT molecular complexity index is 211. The van der Waals surface area contributed by atoms with E-state index in [0.717, 1.165) is 19.4 Å². The van der Waals surface area contributed by atoms with Gasteiger partial charge in [0.15, 0.2) is 0 Å². The van der Waals surface area contributed by atoms with E-state index in [1.165, 1.54) is 0 Å². The first kappa shape index (κ1) is 12.5. The smallest absolute Gasteiger partial charge is 0.220 e. The number of carbonyl (C=O) groups excluding carboxylic acids is 1. The van der Waals surface area contributed by atoms with Crippen LogP contribution in [0.4, 0.5) is 0 Å². The van der Waals surface area contributed by atoms with E-state index in [1.54, 1.807) is 0 Å². The molecule has 0 aliphatic carbocycles. The fourth-order valence-electron chi connectivity index (χ4n) is 1.97. The van der Waals surface area contributed by atoms with Gasteiger partial charge in [0.05, 0.1) is 12.1 Å². The highest BCUT2D eigenvalue weighted by Crippen LogP contribution is 2.16. The van der Waals surface area contributed by atoms with E-state index in [-0.39, 0.29) is 12.5 Å². The Hall–Kier alpha value is -0.610. The van der Waals surface area contributed by atoms with Crippen molar-refractivity contribution < 1.29 is 9.90 Å². The third-order valence-electron chi connectivity index (χ3n) is 2.77. The van der Waals surface area contributed by atoms with Crippen LogP contribution in [0.3, 0.4) is 0 Å². The molecule has 1 fully saturated rings. The molecule has 15 heavy (non-hydrogen) atoms. The minimum absolute atomic E-state index is 0.0177. The van der Waals surface area contributed by atoms with E-state index >= 15 is 0 Å². The number of nitrogens with one attached hydrogen (secondary N) is 2. The standard InChI is InChI=1S/C11H22N2O2/c1-9(2)6-10(15)13-11(8-14)4-3-5-12-7-11/h9,12,14H,3-8H2,1-2H3,(H,13,15). The van der Waals surface area contributed by atoms with Gasteiger partial charge in [-0.3, -0.25) is 4.79 Å². The Morgan fingerprint density at radius 3 is 2.80 bits per heavy atom. The zero-order valence-corrected chi connectivity index (χ0v) is 9.68. The van der Waals surface area contributed by atoms with Crippen LogP contribution in [0, 0.1) is 5.92 Å². The molecular formula is C11H22N2O2. The van der Waals surface area contributed by atoms with Crippen molar-refractivity contribution in [1.82, 2.24) is 10.6 Å². The van der Waals surface area contributed by atoms with E-state index in [0.29, 0.717) is 18.9 Å². The first-order chi connectivity index (χ1) is 7.08. The van der Waals surface area contributed by atoms with Crippen LogP contribution in [-0.2, 0) is 4.79 Å². The molecule has 3 N–H and O–H groups in total. The van der Waals surface area contributed by atoms with Gasteiger partial charge in [0, 0.05) is 13.0 Å². The largest absolute Gasteiger partial charge is 0.394 e. The molecule has 1 saturated heterocycles. The Balaban J connectivity index is 2.47. The van der Waals surface area contributed by atoms with Crippen LogP contribution in [0.15, 0.2) is 0 Å². The van der Waals surface area contributed by atoms with Crippen LogP contribution in [0.2, 0.25) is 0 Å². The quantitative estimate of drug-likeness (QED) is 0.629. The first-order valence-corrected chi connectivity index (χ1v) is 5.70. The maximum Gasteiger partial charge on any atom is 0.220 e. The molecule has 0 aromatic carbocycles. The molecule has 0 aromatic heterocycles. The summed E-state index contributed by atoms with van der Waals surface area (Å²) in [6.07, 6.45) is 2.39. The van der Waals surface area contributed by atoms with Crippen molar-refractivity contribution in [3.8, 4) is 0 Å². The van der Waals surface area contributed by atoms with Crippen LogP contribution < -0.4 is 10.6 Å². The summed E-state index contributed by atoms with van der Waals surface area (Å²) in [5, 5.41) is 15.5. The second kappa shape index (κ2) is 5.47. The van der Waals surface area contributed by atoms with Crippen molar-refractivity contribution in [2.45, 2.75) is 38.6 Å². The Morgan fingerprint density at radius 2 is 2.33 bits per heavy atom. The molecule has 1 unspecified atom stereocenters. The number of hydrogen-bond donors (Lipinski definition) is 3. The monoisotopic (exact) mass is 214 g/mol. The number of aliphatic hydroxyl groups excluding tert-OH is 1. The van der Waals surface area contributed by atoms with Gasteiger partial charge in [0.2, 0.25) is 5.91 Å². The molecule has 4 heteroatoms. The Kier molecular flexibility index (Phi) is 4.54. The van der Waals surface area contributed by atoms with Crippen molar-refractivity contribution in [3.63, 3.8) is 0 Å². The maximum atomic E-state index is 11.6. The molecule has 1 heterocycles. The highest BCUT2D eigenvalue weighted by molar-refractivity contribution is 5.77. The molecule has 88 valence electrons. The summed E-state index contributed by atoms with van der Waals surface area (Å²) in [6, 6.07) is 0. The minimum Gasteiger partial charge on any atom is -0.394 e. The zero-order chi connectivity index (χ0) is 11.3. The van der Waals surface area contributed by atoms with Gasteiger partial charge in [-0.2, -0.15) is 0 Å². The fraction of sp³-hybridized carbons (Fsp3) is 0.909. The topological polar surface area (TPSA) is 61.4 Å². The fourth-order valence-corrected chi connectivity index (χ4v) is 1.97. The number of aliphatic hydroxyl groups is 1. The van der Waals surface area contributed by atoms with Gasteiger partial charge in [-0.1, -0.05) is 13.8 Å². The maximum absolute atomic E-state index is 11.6. The number of amides is 1. The van der Waals surface area contributed by atoms with Crippen molar-refractivity contribution in [1.29, 1.82) is 0 Å². The average Bonchev–Trinajstić information content (AvgIpc) is 2.17. The number of carbonyl (C=O) groups is 1. The molecule has 4 nitrogen and oxygen atoms in total. The molecule has 0 radical (unpaired) electrons. The summed E-state index contributed by atoms with van der Waals surface area (Å²) in [5.74, 6) is 0.403. The summed E-state index contributed by atoms with van der Waals surface area (Å²) in [7, 11) is 0. The number of rotatable bonds is 4. The SMILES string of the molecule is CC(C)CC(=O)NC1(CO)CCCNC1. The summed E-state index contributed by atoms with van der Waals surface area (Å²) < 4.78 is 0. The normalized spacial score (nSPS) is 26.7. The first-order valence-electron chi connectivity index (χ1n) is 5.70. The van der Waals surface area contributed by atoms with Gasteiger partial charge in [-0.15, -0.1) is 0 Å². The molecule has 0 saturated carbocycles. The summed E-state index contributed by atoms with van der Waals surface area (Å²) in [4.78, 5) is 11.6. The third-order valence-corrected chi connectivity index (χ3v) is 2.77. The van der Waals surface area contributed by atoms with Crippen molar-refractivity contribution in [2.75, 3.05) is 19.7 Å². The van der Waals surface area contributed by atoms with Gasteiger partial charge in [-0.25, -0.2) is 0 Å². The Labute approximate surface area is 91.4 Å².